The number of halogens is 1. The van der Waals surface area contributed by atoms with Crippen molar-refractivity contribution in [3.63, 3.8) is 0 Å². The number of allylic oxidation sites excluding steroid dienone is 1. The number of aryl methyl sites for hydroxylation is 3. The lowest BCUT2D eigenvalue weighted by atomic mass is 10.1. The van der Waals surface area contributed by atoms with Gasteiger partial charge in [0.1, 0.15) is 0 Å². The summed E-state index contributed by atoms with van der Waals surface area (Å²) in [7, 11) is 1.66. The zero-order valence-electron chi connectivity index (χ0n) is 18.5. The average Bonchev–Trinajstić information content (AvgIpc) is 3.22. The van der Waals surface area contributed by atoms with Crippen LogP contribution in [0, 0.1) is 6.92 Å². The van der Waals surface area contributed by atoms with Crippen LogP contribution in [0.2, 0.25) is 5.02 Å². The van der Waals surface area contributed by atoms with Gasteiger partial charge >= 0.3 is 5.69 Å². The van der Waals surface area contributed by atoms with Crippen molar-refractivity contribution in [3.8, 4) is 0 Å². The monoisotopic (exact) mass is 461 g/mol. The molecule has 0 N–H and O–H groups in total. The van der Waals surface area contributed by atoms with Gasteiger partial charge in [0, 0.05) is 37.4 Å². The van der Waals surface area contributed by atoms with Crippen LogP contribution in [0.4, 0.5) is 11.6 Å². The molecule has 0 amide bonds. The Hall–Kier alpha value is -3.58. The van der Waals surface area contributed by atoms with Crippen LogP contribution in [0.25, 0.3) is 17.2 Å². The molecule has 0 radical (unpaired) electrons. The zero-order chi connectivity index (χ0) is 23.1. The summed E-state index contributed by atoms with van der Waals surface area (Å²) < 4.78 is 4.65. The summed E-state index contributed by atoms with van der Waals surface area (Å²) in [5.74, 6) is 0.659. The maximum absolute atomic E-state index is 13.5. The minimum atomic E-state index is -0.383. The number of hydrogen-bond acceptors (Lipinski definition) is 4. The summed E-state index contributed by atoms with van der Waals surface area (Å²) in [5.41, 5.74) is 3.17. The Morgan fingerprint density at radius 2 is 1.88 bits per heavy atom. The van der Waals surface area contributed by atoms with Crippen LogP contribution in [-0.2, 0) is 20.1 Å². The second-order valence-electron chi connectivity index (χ2n) is 8.24. The van der Waals surface area contributed by atoms with Gasteiger partial charge in [-0.15, -0.1) is 0 Å². The molecule has 5 rings (SSSR count). The van der Waals surface area contributed by atoms with Crippen LogP contribution in [0.5, 0.6) is 0 Å². The number of aromatic nitrogens is 4. The Morgan fingerprint density at radius 3 is 2.67 bits per heavy atom. The van der Waals surface area contributed by atoms with Gasteiger partial charge in [-0.2, -0.15) is 4.98 Å². The van der Waals surface area contributed by atoms with Gasteiger partial charge in [0.15, 0.2) is 11.2 Å². The minimum Gasteiger partial charge on any atom is -0.312 e. The van der Waals surface area contributed by atoms with Crippen molar-refractivity contribution in [3.05, 3.63) is 91.6 Å². The SMILES string of the molecule is Cc1ccc(Cl)cc1N1CCCn2c1nc1c2c(=O)n(C/C=C/c2ccccc2)c(=O)n1C. The van der Waals surface area contributed by atoms with Crippen molar-refractivity contribution in [2.45, 2.75) is 26.4 Å². The van der Waals surface area contributed by atoms with Gasteiger partial charge in [0.25, 0.3) is 5.56 Å². The van der Waals surface area contributed by atoms with Gasteiger partial charge in [-0.3, -0.25) is 13.9 Å². The molecule has 0 spiro atoms. The quantitative estimate of drug-likeness (QED) is 0.458. The minimum absolute atomic E-state index is 0.188. The third-order valence-electron chi connectivity index (χ3n) is 6.08. The summed E-state index contributed by atoms with van der Waals surface area (Å²) >= 11 is 6.27. The largest absolute Gasteiger partial charge is 0.332 e. The molecule has 0 saturated carbocycles. The molecule has 2 aromatic heterocycles. The molecule has 3 heterocycles. The van der Waals surface area contributed by atoms with Crippen molar-refractivity contribution >= 4 is 40.5 Å². The van der Waals surface area contributed by atoms with E-state index in [2.05, 4.69) is 4.90 Å². The molecular formula is C25H24ClN5O2. The fraction of sp³-hybridized carbons (Fsp3) is 0.240. The van der Waals surface area contributed by atoms with E-state index in [1.165, 1.54) is 9.13 Å². The average molecular weight is 462 g/mol. The predicted octanol–water partition coefficient (Wildman–Crippen LogP) is 4.11. The summed E-state index contributed by atoms with van der Waals surface area (Å²) in [5, 5.41) is 0.642. The van der Waals surface area contributed by atoms with E-state index in [0.29, 0.717) is 28.7 Å². The Bertz CT molecular complexity index is 1500. The van der Waals surface area contributed by atoms with E-state index in [1.54, 1.807) is 7.05 Å². The van der Waals surface area contributed by atoms with E-state index >= 15 is 0 Å². The van der Waals surface area contributed by atoms with Crippen molar-refractivity contribution in [1.29, 1.82) is 0 Å². The van der Waals surface area contributed by atoms with E-state index in [4.69, 9.17) is 16.6 Å². The van der Waals surface area contributed by atoms with Crippen LogP contribution < -0.4 is 16.1 Å². The molecule has 0 saturated heterocycles. The molecule has 2 aromatic carbocycles. The van der Waals surface area contributed by atoms with Gasteiger partial charge in [-0.1, -0.05) is 60.2 Å². The Morgan fingerprint density at radius 1 is 1.09 bits per heavy atom. The standard InChI is InChI=1S/C25H24ClN5O2/c1-17-11-12-19(26)16-20(17)29-14-7-15-30-21-22(27-24(29)30)28(2)25(33)31(23(21)32)13-6-10-18-8-4-3-5-9-18/h3-6,8-12,16H,7,13-15H2,1-2H3/b10-6+. The zero-order valence-corrected chi connectivity index (χ0v) is 19.3. The van der Waals surface area contributed by atoms with E-state index in [-0.39, 0.29) is 17.8 Å². The second kappa shape index (κ2) is 8.41. The lowest BCUT2D eigenvalue weighted by molar-refractivity contribution is 0.598. The van der Waals surface area contributed by atoms with Crippen LogP contribution in [-0.4, -0.2) is 25.2 Å². The number of rotatable bonds is 4. The van der Waals surface area contributed by atoms with Crippen molar-refractivity contribution in [1.82, 2.24) is 18.7 Å². The fourth-order valence-electron chi connectivity index (χ4n) is 4.39. The predicted molar refractivity (Wildman–Crippen MR) is 133 cm³/mol. The van der Waals surface area contributed by atoms with Crippen LogP contribution in [0.3, 0.4) is 0 Å². The first-order valence-electron chi connectivity index (χ1n) is 10.9. The molecule has 0 fully saturated rings. The molecule has 1 aliphatic heterocycles. The first-order chi connectivity index (χ1) is 16.0. The van der Waals surface area contributed by atoms with Crippen LogP contribution >= 0.6 is 11.6 Å². The molecule has 0 aliphatic carbocycles. The molecule has 1 aliphatic rings. The molecular weight excluding hydrogens is 438 g/mol. The van der Waals surface area contributed by atoms with E-state index < -0.39 is 0 Å². The van der Waals surface area contributed by atoms with Crippen LogP contribution in [0.15, 0.2) is 64.2 Å². The van der Waals surface area contributed by atoms with Gasteiger partial charge in [0.05, 0.1) is 0 Å². The molecule has 0 atom stereocenters. The smallest absolute Gasteiger partial charge is 0.312 e. The molecule has 8 heteroatoms. The van der Waals surface area contributed by atoms with E-state index in [9.17, 15) is 9.59 Å². The lowest BCUT2D eigenvalue weighted by Gasteiger charge is -2.30. The summed E-state index contributed by atoms with van der Waals surface area (Å²) in [6.07, 6.45) is 4.59. The van der Waals surface area contributed by atoms with Crippen molar-refractivity contribution < 1.29 is 0 Å². The van der Waals surface area contributed by atoms with Crippen LogP contribution in [0.1, 0.15) is 17.5 Å². The topological polar surface area (TPSA) is 65.1 Å². The van der Waals surface area contributed by atoms with Crippen molar-refractivity contribution in [2.24, 2.45) is 7.05 Å². The normalized spacial score (nSPS) is 13.7. The third-order valence-corrected chi connectivity index (χ3v) is 6.31. The number of anilines is 2. The van der Waals surface area contributed by atoms with E-state index in [0.717, 1.165) is 29.8 Å². The van der Waals surface area contributed by atoms with Gasteiger partial charge in [0.2, 0.25) is 5.95 Å². The fourth-order valence-corrected chi connectivity index (χ4v) is 4.55. The molecule has 168 valence electrons. The van der Waals surface area contributed by atoms with Crippen molar-refractivity contribution in [2.75, 3.05) is 11.4 Å². The first kappa shape index (κ1) is 21.3. The van der Waals surface area contributed by atoms with Gasteiger partial charge < -0.3 is 9.47 Å². The molecule has 33 heavy (non-hydrogen) atoms. The number of benzene rings is 2. The molecule has 4 aromatic rings. The summed E-state index contributed by atoms with van der Waals surface area (Å²) in [6.45, 7) is 3.63. The maximum atomic E-state index is 13.5. The maximum Gasteiger partial charge on any atom is 0.332 e. The highest BCUT2D eigenvalue weighted by molar-refractivity contribution is 6.30. The first-order valence-corrected chi connectivity index (χ1v) is 11.3. The number of nitrogens with zero attached hydrogens (tertiary/aromatic N) is 5. The number of imidazole rings is 1. The van der Waals surface area contributed by atoms with Gasteiger partial charge in [-0.25, -0.2) is 4.79 Å². The lowest BCUT2D eigenvalue weighted by Crippen LogP contribution is -2.39. The van der Waals surface area contributed by atoms with Gasteiger partial charge in [-0.05, 0) is 36.6 Å². The molecule has 0 unspecified atom stereocenters. The Balaban J connectivity index is 1.63. The number of fused-ring (bicyclic) bond motifs is 3. The highest BCUT2D eigenvalue weighted by atomic mass is 35.5. The summed E-state index contributed by atoms with van der Waals surface area (Å²) in [6, 6.07) is 15.5. The van der Waals surface area contributed by atoms with E-state index in [1.807, 2.05) is 72.2 Å². The third kappa shape index (κ3) is 3.68. The molecule has 0 bridgehead atoms. The Kier molecular flexibility index (Phi) is 5.42. The number of hydrogen-bond donors (Lipinski definition) is 0. The molecule has 7 nitrogen and oxygen atoms in total. The second-order valence-corrected chi connectivity index (χ2v) is 8.68. The Labute approximate surface area is 195 Å². The highest BCUT2D eigenvalue weighted by Crippen LogP contribution is 2.34. The summed E-state index contributed by atoms with van der Waals surface area (Å²) in [4.78, 5) is 33.3. The highest BCUT2D eigenvalue weighted by Gasteiger charge is 2.27.